The van der Waals surface area contributed by atoms with Gasteiger partial charge in [-0.2, -0.15) is 13.2 Å². The van der Waals surface area contributed by atoms with Crippen molar-refractivity contribution in [1.29, 1.82) is 0 Å². The molecule has 4 nitrogen and oxygen atoms in total. The van der Waals surface area contributed by atoms with E-state index in [9.17, 15) is 22.8 Å². The predicted molar refractivity (Wildman–Crippen MR) is 56.1 cm³/mol. The summed E-state index contributed by atoms with van der Waals surface area (Å²) in [4.78, 5) is 22.0. The minimum absolute atomic E-state index is 0.0840. The first-order chi connectivity index (χ1) is 8.36. The number of carbonyl (C=O) groups excluding carboxylic acids is 2. The smallest absolute Gasteiger partial charge is 0.303 e. The lowest BCUT2D eigenvalue weighted by Crippen LogP contribution is -2.22. The molecule has 0 atom stereocenters. The van der Waals surface area contributed by atoms with Gasteiger partial charge < -0.3 is 5.32 Å². The van der Waals surface area contributed by atoms with Gasteiger partial charge in [0.2, 0.25) is 0 Å². The van der Waals surface area contributed by atoms with Crippen LogP contribution >= 0.6 is 0 Å². The summed E-state index contributed by atoms with van der Waals surface area (Å²) in [5.41, 5.74) is -0.724. The molecule has 2 N–H and O–H groups in total. The highest BCUT2D eigenvalue weighted by Gasteiger charge is 2.30. The summed E-state index contributed by atoms with van der Waals surface area (Å²) >= 11 is 0. The fraction of sp³-hybridized carbons (Fsp3) is 0.0909. The molecule has 1 aliphatic rings. The summed E-state index contributed by atoms with van der Waals surface area (Å²) < 4.78 is 37.4. The lowest BCUT2D eigenvalue weighted by Gasteiger charge is -2.06. The van der Waals surface area contributed by atoms with Gasteiger partial charge in [-0.3, -0.25) is 10.1 Å². The molecule has 94 valence electrons. The third-order valence-corrected chi connectivity index (χ3v) is 2.24. The Bertz CT molecular complexity index is 549. The molecule has 7 heteroatoms. The topological polar surface area (TPSA) is 58.2 Å². The van der Waals surface area contributed by atoms with Gasteiger partial charge in [-0.1, -0.05) is 12.1 Å². The van der Waals surface area contributed by atoms with E-state index in [4.69, 9.17) is 0 Å². The van der Waals surface area contributed by atoms with Crippen LogP contribution in [0.25, 0.3) is 6.08 Å². The molecule has 1 aromatic rings. The molecule has 18 heavy (non-hydrogen) atoms. The quantitative estimate of drug-likeness (QED) is 0.595. The average Bonchev–Trinajstić information content (AvgIpc) is 2.56. The van der Waals surface area contributed by atoms with E-state index in [1.165, 1.54) is 18.2 Å². The van der Waals surface area contributed by atoms with Crippen LogP contribution < -0.4 is 10.6 Å². The van der Waals surface area contributed by atoms with Gasteiger partial charge in [0.05, 0.1) is 5.56 Å². The standard InChI is InChI=1S/C11H7F3N2O2/c12-11(13,14)7-3-1-2-6(4-7)5-8-9(17)16-10(18)15-8/h1-5H,(H2,15,16,17,18)/b8-5+. The van der Waals surface area contributed by atoms with Crippen LogP contribution in [0.1, 0.15) is 11.1 Å². The Balaban J connectivity index is 2.33. The Morgan fingerprint density at radius 3 is 2.39 bits per heavy atom. The van der Waals surface area contributed by atoms with E-state index in [0.29, 0.717) is 0 Å². The van der Waals surface area contributed by atoms with Gasteiger partial charge in [-0.05, 0) is 23.8 Å². The molecule has 2 rings (SSSR count). The number of hydrogen-bond donors (Lipinski definition) is 2. The molecule has 0 unspecified atom stereocenters. The average molecular weight is 256 g/mol. The van der Waals surface area contributed by atoms with E-state index in [2.05, 4.69) is 5.32 Å². The molecule has 1 heterocycles. The van der Waals surface area contributed by atoms with Crippen LogP contribution in [0.2, 0.25) is 0 Å². The highest BCUT2D eigenvalue weighted by atomic mass is 19.4. The molecule has 0 aromatic heterocycles. The second kappa shape index (κ2) is 4.17. The van der Waals surface area contributed by atoms with Gasteiger partial charge in [0.15, 0.2) is 0 Å². The van der Waals surface area contributed by atoms with Gasteiger partial charge in [-0.15, -0.1) is 0 Å². The number of halogens is 3. The zero-order valence-corrected chi connectivity index (χ0v) is 8.84. The first kappa shape index (κ1) is 12.2. The summed E-state index contributed by atoms with van der Waals surface area (Å²) in [6.07, 6.45) is -3.27. The lowest BCUT2D eigenvalue weighted by molar-refractivity contribution is -0.137. The van der Waals surface area contributed by atoms with Crippen LogP contribution in [0.5, 0.6) is 0 Å². The van der Waals surface area contributed by atoms with Gasteiger partial charge in [-0.25, -0.2) is 4.79 Å². The van der Waals surface area contributed by atoms with Gasteiger partial charge >= 0.3 is 12.2 Å². The van der Waals surface area contributed by atoms with Crippen LogP contribution in [-0.4, -0.2) is 11.9 Å². The molecule has 0 aliphatic carbocycles. The van der Waals surface area contributed by atoms with Gasteiger partial charge in [0, 0.05) is 0 Å². The Kier molecular flexibility index (Phi) is 2.82. The Labute approximate surface area is 99.5 Å². The van der Waals surface area contributed by atoms with E-state index in [-0.39, 0.29) is 11.3 Å². The summed E-state index contributed by atoms with van der Waals surface area (Å²) in [5.74, 6) is -0.669. The Hall–Kier alpha value is -2.31. The van der Waals surface area contributed by atoms with Crippen molar-refractivity contribution < 1.29 is 22.8 Å². The number of urea groups is 1. The Morgan fingerprint density at radius 1 is 1.11 bits per heavy atom. The number of imide groups is 1. The van der Waals surface area contributed by atoms with Crippen molar-refractivity contribution in [2.45, 2.75) is 6.18 Å². The molecule has 1 saturated heterocycles. The number of benzene rings is 1. The van der Waals surface area contributed by atoms with Crippen molar-refractivity contribution in [3.8, 4) is 0 Å². The molecule has 0 saturated carbocycles. The highest BCUT2D eigenvalue weighted by molar-refractivity contribution is 6.13. The number of amides is 3. The van der Waals surface area contributed by atoms with E-state index in [0.717, 1.165) is 12.1 Å². The predicted octanol–water partition coefficient (Wildman–Crippen LogP) is 1.89. The maximum atomic E-state index is 12.5. The van der Waals surface area contributed by atoms with Crippen molar-refractivity contribution in [3.63, 3.8) is 0 Å². The second-order valence-electron chi connectivity index (χ2n) is 3.59. The highest BCUT2D eigenvalue weighted by Crippen LogP contribution is 2.29. The van der Waals surface area contributed by atoms with Crippen LogP contribution in [0.4, 0.5) is 18.0 Å². The molecule has 1 aromatic carbocycles. The summed E-state index contributed by atoms with van der Waals surface area (Å²) in [6.45, 7) is 0. The fourth-order valence-electron chi connectivity index (χ4n) is 1.45. The molecule has 3 amide bonds. The van der Waals surface area contributed by atoms with Gasteiger partial charge in [0.25, 0.3) is 5.91 Å². The van der Waals surface area contributed by atoms with Crippen LogP contribution in [0.15, 0.2) is 30.0 Å². The molecule has 0 radical (unpaired) electrons. The maximum absolute atomic E-state index is 12.5. The van der Waals surface area contributed by atoms with Crippen LogP contribution in [0, 0.1) is 0 Å². The van der Waals surface area contributed by atoms with Crippen molar-refractivity contribution >= 4 is 18.0 Å². The van der Waals surface area contributed by atoms with Crippen molar-refractivity contribution in [2.24, 2.45) is 0 Å². The third-order valence-electron chi connectivity index (χ3n) is 2.24. The molecule has 0 spiro atoms. The number of nitrogens with one attached hydrogen (secondary N) is 2. The molecular weight excluding hydrogens is 249 g/mol. The zero-order chi connectivity index (χ0) is 13.3. The first-order valence-electron chi connectivity index (χ1n) is 4.87. The third kappa shape index (κ3) is 2.50. The normalized spacial score (nSPS) is 17.8. The molecular formula is C11H7F3N2O2. The lowest BCUT2D eigenvalue weighted by atomic mass is 10.1. The van der Waals surface area contributed by atoms with Crippen molar-refractivity contribution in [3.05, 3.63) is 41.1 Å². The first-order valence-corrected chi connectivity index (χ1v) is 4.87. The van der Waals surface area contributed by atoms with Crippen molar-refractivity contribution in [2.75, 3.05) is 0 Å². The largest absolute Gasteiger partial charge is 0.416 e. The van der Waals surface area contributed by atoms with Crippen LogP contribution in [-0.2, 0) is 11.0 Å². The van der Waals surface area contributed by atoms with E-state index < -0.39 is 23.7 Å². The minimum Gasteiger partial charge on any atom is -0.303 e. The number of hydrogen-bond acceptors (Lipinski definition) is 2. The summed E-state index contributed by atoms with van der Waals surface area (Å²) in [7, 11) is 0. The number of rotatable bonds is 1. The van der Waals surface area contributed by atoms with Crippen LogP contribution in [0.3, 0.4) is 0 Å². The molecule has 1 aliphatic heterocycles. The number of carbonyl (C=O) groups is 2. The monoisotopic (exact) mass is 256 g/mol. The summed E-state index contributed by atoms with van der Waals surface area (Å²) in [5, 5.41) is 4.14. The summed E-state index contributed by atoms with van der Waals surface area (Å²) in [6, 6.07) is 3.75. The van der Waals surface area contributed by atoms with Crippen molar-refractivity contribution in [1.82, 2.24) is 10.6 Å². The SMILES string of the molecule is O=C1NC(=O)/C(=C\c2cccc(C(F)(F)F)c2)N1. The maximum Gasteiger partial charge on any atom is 0.416 e. The Morgan fingerprint density at radius 2 is 1.83 bits per heavy atom. The minimum atomic E-state index is -4.45. The van der Waals surface area contributed by atoms with E-state index >= 15 is 0 Å². The second-order valence-corrected chi connectivity index (χ2v) is 3.59. The van der Waals surface area contributed by atoms with E-state index in [1.54, 1.807) is 0 Å². The number of alkyl halides is 3. The fourth-order valence-corrected chi connectivity index (χ4v) is 1.45. The van der Waals surface area contributed by atoms with Gasteiger partial charge in [0.1, 0.15) is 5.70 Å². The molecule has 1 fully saturated rings. The van der Waals surface area contributed by atoms with E-state index in [1.807, 2.05) is 5.32 Å². The molecule has 0 bridgehead atoms. The zero-order valence-electron chi connectivity index (χ0n) is 8.84.